The molecule has 7 heteroatoms. The van der Waals surface area contributed by atoms with Crippen LogP contribution in [0.15, 0.2) is 82.4 Å². The van der Waals surface area contributed by atoms with Gasteiger partial charge in [-0.2, -0.15) is 5.10 Å². The van der Waals surface area contributed by atoms with Crippen LogP contribution in [-0.4, -0.2) is 18.7 Å². The molecule has 5 nitrogen and oxygen atoms in total. The molecule has 0 saturated heterocycles. The monoisotopic (exact) mass is 455 g/mol. The van der Waals surface area contributed by atoms with Crippen LogP contribution >= 0.6 is 15.9 Å². The van der Waals surface area contributed by atoms with E-state index in [-0.39, 0.29) is 18.3 Å². The maximum absolute atomic E-state index is 12.9. The summed E-state index contributed by atoms with van der Waals surface area (Å²) in [5.74, 6) is 0.0160. The van der Waals surface area contributed by atoms with Crippen molar-refractivity contribution < 1.29 is 13.9 Å². The number of para-hydroxylation sites is 1. The van der Waals surface area contributed by atoms with Gasteiger partial charge in [-0.05, 0) is 54.1 Å². The summed E-state index contributed by atoms with van der Waals surface area (Å²) < 4.78 is 19.8. The number of nitrogens with one attached hydrogen (secondary N) is 2. The molecule has 29 heavy (non-hydrogen) atoms. The van der Waals surface area contributed by atoms with E-state index in [2.05, 4.69) is 31.8 Å². The average Bonchev–Trinajstić information content (AvgIpc) is 2.74. The fourth-order valence-electron chi connectivity index (χ4n) is 2.42. The van der Waals surface area contributed by atoms with E-state index in [1.165, 1.54) is 18.3 Å². The van der Waals surface area contributed by atoms with E-state index in [4.69, 9.17) is 4.74 Å². The molecule has 1 amide bonds. The summed E-state index contributed by atoms with van der Waals surface area (Å²) >= 11 is 3.41. The van der Waals surface area contributed by atoms with Crippen LogP contribution < -0.4 is 15.5 Å². The Morgan fingerprint density at radius 3 is 2.52 bits per heavy atom. The Morgan fingerprint density at radius 1 is 1.03 bits per heavy atom. The first kappa shape index (κ1) is 20.5. The highest BCUT2D eigenvalue weighted by atomic mass is 79.9. The second-order valence-electron chi connectivity index (χ2n) is 6.11. The lowest BCUT2D eigenvalue weighted by Crippen LogP contribution is -2.25. The molecular weight excluding hydrogens is 437 g/mol. The van der Waals surface area contributed by atoms with Crippen molar-refractivity contribution in [1.29, 1.82) is 0 Å². The zero-order valence-corrected chi connectivity index (χ0v) is 17.0. The minimum Gasteiger partial charge on any atom is -0.488 e. The predicted octanol–water partition coefficient (Wildman–Crippen LogP) is 4.73. The number of benzene rings is 3. The highest BCUT2D eigenvalue weighted by molar-refractivity contribution is 9.10. The summed E-state index contributed by atoms with van der Waals surface area (Å²) in [6, 6.07) is 21.1. The van der Waals surface area contributed by atoms with E-state index in [0.29, 0.717) is 18.0 Å². The van der Waals surface area contributed by atoms with Gasteiger partial charge in [-0.15, -0.1) is 0 Å². The molecule has 0 fully saturated rings. The van der Waals surface area contributed by atoms with Gasteiger partial charge in [0, 0.05) is 15.7 Å². The van der Waals surface area contributed by atoms with Crippen LogP contribution in [0.3, 0.4) is 0 Å². The van der Waals surface area contributed by atoms with E-state index in [1.807, 2.05) is 48.5 Å². The highest BCUT2D eigenvalue weighted by Gasteiger charge is 2.03. The Bertz CT molecular complexity index is 976. The van der Waals surface area contributed by atoms with E-state index in [0.717, 1.165) is 15.6 Å². The van der Waals surface area contributed by atoms with Crippen molar-refractivity contribution in [2.24, 2.45) is 5.10 Å². The third-order valence-electron chi connectivity index (χ3n) is 3.92. The Labute approximate surface area is 176 Å². The van der Waals surface area contributed by atoms with Crippen LogP contribution in [-0.2, 0) is 11.4 Å². The van der Waals surface area contributed by atoms with Crippen molar-refractivity contribution >= 4 is 33.7 Å². The van der Waals surface area contributed by atoms with Gasteiger partial charge < -0.3 is 10.1 Å². The molecule has 0 saturated carbocycles. The molecule has 3 aromatic carbocycles. The number of carbonyl (C=O) groups is 1. The molecule has 0 aliphatic heterocycles. The zero-order chi connectivity index (χ0) is 20.5. The van der Waals surface area contributed by atoms with Gasteiger partial charge in [0.25, 0.3) is 5.91 Å². The first-order valence-corrected chi connectivity index (χ1v) is 9.67. The Kier molecular flexibility index (Phi) is 7.35. The summed E-state index contributed by atoms with van der Waals surface area (Å²) in [5, 5.41) is 6.88. The number of nitrogens with zero attached hydrogens (tertiary/aromatic N) is 1. The highest BCUT2D eigenvalue weighted by Crippen LogP contribution is 2.18. The lowest BCUT2D eigenvalue weighted by molar-refractivity contribution is -0.119. The number of hydrogen-bond donors (Lipinski definition) is 2. The molecular formula is C22H19BrFN3O2. The second kappa shape index (κ2) is 10.4. The van der Waals surface area contributed by atoms with Crippen molar-refractivity contribution in [3.63, 3.8) is 0 Å². The third kappa shape index (κ3) is 6.73. The van der Waals surface area contributed by atoms with Crippen LogP contribution in [0.5, 0.6) is 5.75 Å². The second-order valence-corrected chi connectivity index (χ2v) is 7.02. The number of carbonyl (C=O) groups excluding carboxylic acids is 1. The van der Waals surface area contributed by atoms with Gasteiger partial charge in [0.05, 0.1) is 12.8 Å². The predicted molar refractivity (Wildman–Crippen MR) is 116 cm³/mol. The number of hydrogen-bond acceptors (Lipinski definition) is 4. The largest absolute Gasteiger partial charge is 0.488 e. The zero-order valence-electron chi connectivity index (χ0n) is 15.4. The van der Waals surface area contributed by atoms with Crippen LogP contribution in [0, 0.1) is 5.82 Å². The lowest BCUT2D eigenvalue weighted by atomic mass is 10.2. The van der Waals surface area contributed by atoms with Gasteiger partial charge in [0.15, 0.2) is 0 Å². The van der Waals surface area contributed by atoms with E-state index in [1.54, 1.807) is 12.1 Å². The quantitative estimate of drug-likeness (QED) is 0.381. The molecule has 0 radical (unpaired) electrons. The average molecular weight is 456 g/mol. The summed E-state index contributed by atoms with van der Waals surface area (Å²) in [5.41, 5.74) is 4.89. The Hall–Kier alpha value is -3.19. The van der Waals surface area contributed by atoms with Crippen molar-refractivity contribution in [1.82, 2.24) is 5.43 Å². The maximum atomic E-state index is 12.9. The standard InChI is InChI=1S/C22H19BrFN3O2/c23-18-7-5-16(6-8-18)15-29-21-4-2-1-3-17(21)13-26-27-22(28)14-25-20-11-9-19(24)10-12-20/h1-13,25H,14-15H2,(H,27,28)/b26-13-. The van der Waals surface area contributed by atoms with Gasteiger partial charge in [0.1, 0.15) is 18.2 Å². The molecule has 3 rings (SSSR count). The first-order valence-electron chi connectivity index (χ1n) is 8.88. The number of ether oxygens (including phenoxy) is 1. The van der Waals surface area contributed by atoms with Gasteiger partial charge in [-0.3, -0.25) is 4.79 Å². The first-order chi connectivity index (χ1) is 14.1. The normalized spacial score (nSPS) is 10.7. The number of amides is 1. The van der Waals surface area contributed by atoms with Gasteiger partial charge >= 0.3 is 0 Å². The molecule has 0 unspecified atom stereocenters. The number of anilines is 1. The molecule has 0 atom stereocenters. The molecule has 148 valence electrons. The van der Waals surface area contributed by atoms with Crippen LogP contribution in [0.25, 0.3) is 0 Å². The molecule has 0 aromatic heterocycles. The fraction of sp³-hybridized carbons (Fsp3) is 0.0909. The van der Waals surface area contributed by atoms with Gasteiger partial charge in [0.2, 0.25) is 0 Å². The molecule has 0 bridgehead atoms. The third-order valence-corrected chi connectivity index (χ3v) is 4.45. The van der Waals surface area contributed by atoms with E-state index in [9.17, 15) is 9.18 Å². The molecule has 0 heterocycles. The van der Waals surface area contributed by atoms with Crippen molar-refractivity contribution in [2.75, 3.05) is 11.9 Å². The minimum absolute atomic E-state index is 0.0185. The van der Waals surface area contributed by atoms with Gasteiger partial charge in [-0.25, -0.2) is 9.82 Å². The SMILES string of the molecule is O=C(CNc1ccc(F)cc1)N/N=C\c1ccccc1OCc1ccc(Br)cc1. The summed E-state index contributed by atoms with van der Waals surface area (Å²) in [6.07, 6.45) is 1.53. The van der Waals surface area contributed by atoms with Crippen LogP contribution in [0.4, 0.5) is 10.1 Å². The van der Waals surface area contributed by atoms with Gasteiger partial charge in [-0.1, -0.05) is 40.2 Å². The summed E-state index contributed by atoms with van der Waals surface area (Å²) in [6.45, 7) is 0.441. The topological polar surface area (TPSA) is 62.7 Å². The molecule has 0 aliphatic rings. The van der Waals surface area contributed by atoms with E-state index >= 15 is 0 Å². The smallest absolute Gasteiger partial charge is 0.259 e. The number of hydrazone groups is 1. The maximum Gasteiger partial charge on any atom is 0.259 e. The Morgan fingerprint density at radius 2 is 1.76 bits per heavy atom. The minimum atomic E-state index is -0.328. The van der Waals surface area contributed by atoms with Crippen molar-refractivity contribution in [3.8, 4) is 5.75 Å². The molecule has 3 aromatic rings. The van der Waals surface area contributed by atoms with Crippen LogP contribution in [0.2, 0.25) is 0 Å². The Balaban J connectivity index is 1.51. The fourth-order valence-corrected chi connectivity index (χ4v) is 2.69. The number of rotatable bonds is 8. The van der Waals surface area contributed by atoms with E-state index < -0.39 is 0 Å². The summed E-state index contributed by atoms with van der Waals surface area (Å²) in [4.78, 5) is 11.9. The van der Waals surface area contributed by atoms with Crippen LogP contribution in [0.1, 0.15) is 11.1 Å². The molecule has 0 aliphatic carbocycles. The molecule has 0 spiro atoms. The molecule has 2 N–H and O–H groups in total. The lowest BCUT2D eigenvalue weighted by Gasteiger charge is -2.09. The van der Waals surface area contributed by atoms with Crippen molar-refractivity contribution in [3.05, 3.63) is 94.2 Å². The number of halogens is 2. The van der Waals surface area contributed by atoms with Crippen molar-refractivity contribution in [2.45, 2.75) is 6.61 Å². The summed E-state index contributed by atoms with van der Waals surface area (Å²) in [7, 11) is 0.